The number of aryl methyl sites for hydroxylation is 1. The van der Waals surface area contributed by atoms with Crippen molar-refractivity contribution >= 4 is 11.9 Å². The Labute approximate surface area is 136 Å². The van der Waals surface area contributed by atoms with E-state index in [9.17, 15) is 19.5 Å². The normalized spacial score (nSPS) is 14.8. The van der Waals surface area contributed by atoms with Crippen LogP contribution in [0.4, 0.5) is 0 Å². The molecular formula is C17H26N2O4. The van der Waals surface area contributed by atoms with Crippen molar-refractivity contribution in [2.45, 2.75) is 59.0 Å². The van der Waals surface area contributed by atoms with Gasteiger partial charge in [0.2, 0.25) is 5.91 Å². The smallest absolute Gasteiger partial charge is 0.326 e. The van der Waals surface area contributed by atoms with Gasteiger partial charge in [0.25, 0.3) is 5.56 Å². The van der Waals surface area contributed by atoms with Gasteiger partial charge in [0.15, 0.2) is 0 Å². The van der Waals surface area contributed by atoms with Crippen LogP contribution in [0, 0.1) is 12.8 Å². The summed E-state index contributed by atoms with van der Waals surface area (Å²) in [6.07, 6.45) is 3.46. The minimum atomic E-state index is -1.06. The average molecular weight is 322 g/mol. The molecule has 0 radical (unpaired) electrons. The van der Waals surface area contributed by atoms with Crippen LogP contribution in [0.25, 0.3) is 0 Å². The summed E-state index contributed by atoms with van der Waals surface area (Å²) in [5, 5.41) is 11.9. The first-order valence-electron chi connectivity index (χ1n) is 8.03. The summed E-state index contributed by atoms with van der Waals surface area (Å²) in [6.45, 7) is 7.43. The number of pyridine rings is 1. The van der Waals surface area contributed by atoms with Gasteiger partial charge in [0.1, 0.15) is 12.1 Å². The third-order valence-electron chi connectivity index (χ3n) is 4.06. The Morgan fingerprint density at radius 1 is 1.30 bits per heavy atom. The lowest BCUT2D eigenvalue weighted by atomic mass is 9.98. The molecule has 0 fully saturated rings. The molecule has 0 aliphatic rings. The van der Waals surface area contributed by atoms with Crippen LogP contribution in [-0.2, 0) is 9.59 Å². The van der Waals surface area contributed by atoms with E-state index in [1.165, 1.54) is 10.6 Å². The van der Waals surface area contributed by atoms with E-state index in [1.807, 2.05) is 20.8 Å². The van der Waals surface area contributed by atoms with Gasteiger partial charge in [0.05, 0.1) is 0 Å². The monoisotopic (exact) mass is 322 g/mol. The standard InChI is InChI=1S/C17H26N2O4/c1-5-7-13(19-10-11(3)8-9-14(19)20)16(21)18-15(17(22)23)12(4)6-2/h8-10,12-13,15H,5-7H2,1-4H3,(H,18,21)(H,22,23). The molecule has 23 heavy (non-hydrogen) atoms. The molecule has 1 rings (SSSR count). The quantitative estimate of drug-likeness (QED) is 0.767. The lowest BCUT2D eigenvalue weighted by Crippen LogP contribution is -2.48. The third-order valence-corrected chi connectivity index (χ3v) is 4.06. The lowest BCUT2D eigenvalue weighted by Gasteiger charge is -2.25. The number of nitrogens with zero attached hydrogens (tertiary/aromatic N) is 1. The molecule has 1 heterocycles. The van der Waals surface area contributed by atoms with Crippen LogP contribution in [0.3, 0.4) is 0 Å². The minimum absolute atomic E-state index is 0.187. The van der Waals surface area contributed by atoms with E-state index in [4.69, 9.17) is 0 Å². The van der Waals surface area contributed by atoms with Crippen LogP contribution in [-0.4, -0.2) is 27.6 Å². The van der Waals surface area contributed by atoms with Crippen LogP contribution in [0.1, 0.15) is 51.6 Å². The number of amides is 1. The molecular weight excluding hydrogens is 296 g/mol. The van der Waals surface area contributed by atoms with Crippen LogP contribution >= 0.6 is 0 Å². The number of nitrogens with one attached hydrogen (secondary N) is 1. The fraction of sp³-hybridized carbons (Fsp3) is 0.588. The summed E-state index contributed by atoms with van der Waals surface area (Å²) >= 11 is 0. The second-order valence-electron chi connectivity index (χ2n) is 5.97. The Morgan fingerprint density at radius 3 is 2.48 bits per heavy atom. The van der Waals surface area contributed by atoms with E-state index in [2.05, 4.69) is 5.32 Å². The maximum Gasteiger partial charge on any atom is 0.326 e. The molecule has 6 nitrogen and oxygen atoms in total. The molecule has 2 N–H and O–H groups in total. The fourth-order valence-electron chi connectivity index (χ4n) is 2.46. The van der Waals surface area contributed by atoms with Crippen molar-refractivity contribution in [2.75, 3.05) is 0 Å². The van der Waals surface area contributed by atoms with Gasteiger partial charge in [-0.2, -0.15) is 0 Å². The van der Waals surface area contributed by atoms with Gasteiger partial charge in [-0.15, -0.1) is 0 Å². The predicted octanol–water partition coefficient (Wildman–Crippen LogP) is 2.11. The van der Waals surface area contributed by atoms with E-state index in [1.54, 1.807) is 19.2 Å². The molecule has 0 aliphatic carbocycles. The number of carboxylic acid groups (broad SMARTS) is 1. The summed E-state index contributed by atoms with van der Waals surface area (Å²) in [4.78, 5) is 36.1. The van der Waals surface area contributed by atoms with Gasteiger partial charge >= 0.3 is 5.97 Å². The average Bonchev–Trinajstić information content (AvgIpc) is 2.51. The van der Waals surface area contributed by atoms with Crippen molar-refractivity contribution in [3.05, 3.63) is 34.2 Å². The van der Waals surface area contributed by atoms with Crippen LogP contribution in [0.15, 0.2) is 23.1 Å². The van der Waals surface area contributed by atoms with Gasteiger partial charge in [0, 0.05) is 12.3 Å². The maximum absolute atomic E-state index is 12.6. The Hall–Kier alpha value is -2.11. The van der Waals surface area contributed by atoms with Crippen LogP contribution in [0.5, 0.6) is 0 Å². The predicted molar refractivity (Wildman–Crippen MR) is 88.4 cm³/mol. The van der Waals surface area contributed by atoms with E-state index < -0.39 is 24.0 Å². The summed E-state index contributed by atoms with van der Waals surface area (Å²) in [5.41, 5.74) is 0.606. The molecule has 3 atom stereocenters. The van der Waals surface area contributed by atoms with Gasteiger partial charge in [-0.05, 0) is 24.8 Å². The second kappa shape index (κ2) is 8.50. The molecule has 0 bridgehead atoms. The van der Waals surface area contributed by atoms with Gasteiger partial charge < -0.3 is 15.0 Å². The van der Waals surface area contributed by atoms with Crippen LogP contribution in [0.2, 0.25) is 0 Å². The largest absolute Gasteiger partial charge is 0.480 e. The number of carbonyl (C=O) groups excluding carboxylic acids is 1. The third kappa shape index (κ3) is 4.94. The zero-order chi connectivity index (χ0) is 17.6. The zero-order valence-corrected chi connectivity index (χ0v) is 14.2. The molecule has 6 heteroatoms. The maximum atomic E-state index is 12.6. The summed E-state index contributed by atoms with van der Waals surface area (Å²) in [5.74, 6) is -1.67. The highest BCUT2D eigenvalue weighted by molar-refractivity contribution is 5.86. The highest BCUT2D eigenvalue weighted by Gasteiger charge is 2.29. The van der Waals surface area contributed by atoms with Gasteiger partial charge in [-0.25, -0.2) is 4.79 Å². The summed E-state index contributed by atoms with van der Waals surface area (Å²) in [6, 6.07) is 1.47. The van der Waals surface area contributed by atoms with E-state index in [0.29, 0.717) is 19.3 Å². The fourth-order valence-corrected chi connectivity index (χ4v) is 2.46. The first-order valence-corrected chi connectivity index (χ1v) is 8.03. The van der Waals surface area contributed by atoms with E-state index in [0.717, 1.165) is 5.56 Å². The number of aromatic nitrogens is 1. The first-order chi connectivity index (χ1) is 10.8. The molecule has 1 aromatic rings. The molecule has 1 amide bonds. The second-order valence-corrected chi connectivity index (χ2v) is 5.97. The topological polar surface area (TPSA) is 88.4 Å². The number of aliphatic carboxylic acids is 1. The van der Waals surface area contributed by atoms with Crippen molar-refractivity contribution in [1.82, 2.24) is 9.88 Å². The van der Waals surface area contributed by atoms with Crippen molar-refractivity contribution in [1.29, 1.82) is 0 Å². The van der Waals surface area contributed by atoms with Crippen molar-refractivity contribution in [3.8, 4) is 0 Å². The van der Waals surface area contributed by atoms with Crippen molar-refractivity contribution in [3.63, 3.8) is 0 Å². The molecule has 0 spiro atoms. The van der Waals surface area contributed by atoms with Gasteiger partial charge in [-0.3, -0.25) is 9.59 Å². The first kappa shape index (κ1) is 18.9. The van der Waals surface area contributed by atoms with E-state index >= 15 is 0 Å². The van der Waals surface area contributed by atoms with Gasteiger partial charge in [-0.1, -0.05) is 39.7 Å². The van der Waals surface area contributed by atoms with Crippen molar-refractivity contribution in [2.24, 2.45) is 5.92 Å². The Morgan fingerprint density at radius 2 is 1.96 bits per heavy atom. The molecule has 3 unspecified atom stereocenters. The van der Waals surface area contributed by atoms with E-state index in [-0.39, 0.29) is 11.5 Å². The molecule has 0 aromatic carbocycles. The number of rotatable bonds is 8. The minimum Gasteiger partial charge on any atom is -0.480 e. The Kier molecular flexibility index (Phi) is 7.00. The molecule has 0 aliphatic heterocycles. The van der Waals surface area contributed by atoms with Crippen LogP contribution < -0.4 is 10.9 Å². The number of hydrogen-bond donors (Lipinski definition) is 2. The highest BCUT2D eigenvalue weighted by atomic mass is 16.4. The SMILES string of the molecule is CCCC(C(=O)NC(C(=O)O)C(C)CC)n1cc(C)ccc1=O. The zero-order valence-electron chi connectivity index (χ0n) is 14.2. The Balaban J connectivity index is 3.09. The number of carboxylic acids is 1. The molecule has 0 saturated carbocycles. The van der Waals surface area contributed by atoms with Crippen molar-refractivity contribution < 1.29 is 14.7 Å². The number of carbonyl (C=O) groups is 2. The molecule has 0 saturated heterocycles. The summed E-state index contributed by atoms with van der Waals surface area (Å²) in [7, 11) is 0. The lowest BCUT2D eigenvalue weighted by molar-refractivity contribution is -0.143. The molecule has 128 valence electrons. The number of hydrogen-bond acceptors (Lipinski definition) is 3. The highest BCUT2D eigenvalue weighted by Crippen LogP contribution is 2.15. The summed E-state index contributed by atoms with van der Waals surface area (Å²) < 4.78 is 1.39. The molecule has 1 aromatic heterocycles. The Bertz CT molecular complexity index is 609.